The van der Waals surface area contributed by atoms with Crippen molar-refractivity contribution in [2.45, 2.75) is 22.7 Å². The molecule has 1 saturated heterocycles. The van der Waals surface area contributed by atoms with Gasteiger partial charge < -0.3 is 0 Å². The number of hydrogen-bond acceptors (Lipinski definition) is 5. The third-order valence-electron chi connectivity index (χ3n) is 10.5. The maximum atomic E-state index is 15.9. The molecule has 0 unspecified atom stereocenters. The van der Waals surface area contributed by atoms with E-state index in [2.05, 4.69) is 0 Å². The highest BCUT2D eigenvalue weighted by molar-refractivity contribution is 6.30. The summed E-state index contributed by atoms with van der Waals surface area (Å²) in [7, 11) is 0. The fourth-order valence-electron chi connectivity index (χ4n) is 9.09. The van der Waals surface area contributed by atoms with Gasteiger partial charge in [-0.3, -0.25) is 24.5 Å². The maximum Gasteiger partial charge on any atom is 0.293 e. The number of hydrogen-bond donors (Lipinski definition) is 0. The molecule has 224 valence electrons. The van der Waals surface area contributed by atoms with Gasteiger partial charge in [0.1, 0.15) is 5.69 Å². The first-order valence-corrected chi connectivity index (χ1v) is 15.3. The van der Waals surface area contributed by atoms with Crippen LogP contribution in [0.25, 0.3) is 0 Å². The number of nitrogens with zero attached hydrogens (tertiary/aromatic N) is 2. The highest BCUT2D eigenvalue weighted by Crippen LogP contribution is 2.77. The van der Waals surface area contributed by atoms with Gasteiger partial charge >= 0.3 is 0 Å². The summed E-state index contributed by atoms with van der Waals surface area (Å²) in [5.41, 5.74) is -0.240. The summed E-state index contributed by atoms with van der Waals surface area (Å²) in [5, 5.41) is 12.2. The van der Waals surface area contributed by atoms with Crippen molar-refractivity contribution >= 4 is 29.0 Å². The van der Waals surface area contributed by atoms with Crippen molar-refractivity contribution in [2.75, 3.05) is 4.90 Å². The number of carbonyl (C=O) groups excluding carboxylic acids is 3. The lowest BCUT2D eigenvalue weighted by atomic mass is 9.52. The van der Waals surface area contributed by atoms with Gasteiger partial charge in [-0.2, -0.15) is 0 Å². The summed E-state index contributed by atoms with van der Waals surface area (Å²) >= 11 is 0. The van der Waals surface area contributed by atoms with E-state index in [1.165, 1.54) is 18.2 Å². The number of para-hydroxylation sites is 2. The van der Waals surface area contributed by atoms with Crippen molar-refractivity contribution in [2.24, 2.45) is 11.8 Å². The van der Waals surface area contributed by atoms with E-state index in [0.717, 1.165) is 16.0 Å². The Labute approximate surface area is 265 Å². The van der Waals surface area contributed by atoms with E-state index in [9.17, 15) is 10.1 Å². The van der Waals surface area contributed by atoms with Gasteiger partial charge in [-0.05, 0) is 28.3 Å². The molecule has 2 amide bonds. The fourth-order valence-corrected chi connectivity index (χ4v) is 9.09. The number of rotatable bonds is 6. The van der Waals surface area contributed by atoms with Gasteiger partial charge in [0.15, 0.2) is 5.78 Å². The van der Waals surface area contributed by atoms with E-state index in [0.29, 0.717) is 11.1 Å². The molecule has 2 saturated carbocycles. The van der Waals surface area contributed by atoms with Crippen LogP contribution >= 0.6 is 0 Å². The van der Waals surface area contributed by atoms with Crippen molar-refractivity contribution in [3.05, 3.63) is 178 Å². The number of nitro benzene ring substituents is 1. The standard InChI is InChI=1S/C39H28N2O5/c42-35-33-34(36(43)40(35)29-23-13-14-24-30(29)41(45)46)39(28-21-11-4-12-22-28)32(26-17-7-2-8-18-26)31(25-15-5-1-6-16-25)38(33,37(39)44)27-19-9-3-10-20-27/h1-24,31-34H/t31-,32-,33-,34+,38+,39+/m1/s1. The van der Waals surface area contributed by atoms with Gasteiger partial charge in [-0.15, -0.1) is 0 Å². The average molecular weight is 605 g/mol. The van der Waals surface area contributed by atoms with Gasteiger partial charge in [-0.1, -0.05) is 133 Å². The van der Waals surface area contributed by atoms with E-state index in [4.69, 9.17) is 0 Å². The molecule has 2 bridgehead atoms. The number of benzene rings is 5. The highest BCUT2D eigenvalue weighted by atomic mass is 16.6. The van der Waals surface area contributed by atoms with Crippen LogP contribution in [0.15, 0.2) is 146 Å². The minimum atomic E-state index is -1.45. The Hall–Kier alpha value is -5.69. The molecule has 5 aromatic carbocycles. The first kappa shape index (κ1) is 27.8. The summed E-state index contributed by atoms with van der Waals surface area (Å²) in [4.78, 5) is 58.5. The number of anilines is 1. The predicted octanol–water partition coefficient (Wildman–Crippen LogP) is 6.74. The largest absolute Gasteiger partial charge is 0.298 e. The lowest BCUT2D eigenvalue weighted by molar-refractivity contribution is -0.384. The minimum Gasteiger partial charge on any atom is -0.298 e. The second-order valence-electron chi connectivity index (χ2n) is 12.3. The third kappa shape index (κ3) is 3.40. The second-order valence-corrected chi connectivity index (χ2v) is 12.3. The molecule has 1 aliphatic heterocycles. The van der Waals surface area contributed by atoms with E-state index in [1.807, 2.05) is 121 Å². The van der Waals surface area contributed by atoms with Crippen molar-refractivity contribution in [3.8, 4) is 0 Å². The van der Waals surface area contributed by atoms with Gasteiger partial charge in [0, 0.05) is 17.9 Å². The summed E-state index contributed by atoms with van der Waals surface area (Å²) in [6, 6.07) is 44.0. The number of carbonyl (C=O) groups is 3. The number of ketones is 1. The maximum absolute atomic E-state index is 15.9. The summed E-state index contributed by atoms with van der Waals surface area (Å²) in [6.07, 6.45) is 0. The van der Waals surface area contributed by atoms with Crippen LogP contribution in [0.3, 0.4) is 0 Å². The Morgan fingerprint density at radius 2 is 0.870 bits per heavy atom. The molecule has 46 heavy (non-hydrogen) atoms. The quantitative estimate of drug-likeness (QED) is 0.122. The Bertz CT molecular complexity index is 1900. The normalized spacial score (nSPS) is 28.0. The van der Waals surface area contributed by atoms with Crippen LogP contribution in [0, 0.1) is 22.0 Å². The molecule has 0 aromatic heterocycles. The molecule has 2 aliphatic carbocycles. The molecule has 5 aromatic rings. The summed E-state index contributed by atoms with van der Waals surface area (Å²) < 4.78 is 0. The Morgan fingerprint density at radius 3 is 1.28 bits per heavy atom. The molecule has 8 rings (SSSR count). The molecule has 1 heterocycles. The molecule has 3 aliphatic rings. The fraction of sp³-hybridized carbons (Fsp3) is 0.154. The van der Waals surface area contributed by atoms with Crippen molar-refractivity contribution in [1.82, 2.24) is 0 Å². The average Bonchev–Trinajstić information content (AvgIpc) is 3.61. The van der Waals surface area contributed by atoms with Gasteiger partial charge in [0.2, 0.25) is 11.8 Å². The van der Waals surface area contributed by atoms with Gasteiger partial charge in [0.25, 0.3) is 5.69 Å². The topological polar surface area (TPSA) is 97.6 Å². The summed E-state index contributed by atoms with van der Waals surface area (Å²) in [6.45, 7) is 0. The van der Waals surface area contributed by atoms with Crippen molar-refractivity contribution < 1.29 is 19.3 Å². The predicted molar refractivity (Wildman–Crippen MR) is 172 cm³/mol. The molecule has 0 N–H and O–H groups in total. The van der Waals surface area contributed by atoms with Crippen LogP contribution in [0.2, 0.25) is 0 Å². The summed E-state index contributed by atoms with van der Waals surface area (Å²) in [5.74, 6) is -4.61. The Kier molecular flexibility index (Phi) is 6.15. The lowest BCUT2D eigenvalue weighted by Crippen LogP contribution is -2.49. The van der Waals surface area contributed by atoms with E-state index >= 15 is 14.4 Å². The smallest absolute Gasteiger partial charge is 0.293 e. The SMILES string of the molecule is O=C1[C@@H]2[C@H](C(=O)N1c1ccccc1[N+](=O)[O-])[C@@]1(c3ccccc3)C(=O)[C@@]2(c2ccccc2)[C@H](c2ccccc2)[C@H]1c1ccccc1. The van der Waals surface area contributed by atoms with Crippen LogP contribution < -0.4 is 4.90 Å². The van der Waals surface area contributed by atoms with Gasteiger partial charge in [-0.25, -0.2) is 4.90 Å². The van der Waals surface area contributed by atoms with Crippen LogP contribution in [0.1, 0.15) is 34.1 Å². The van der Waals surface area contributed by atoms with Crippen LogP contribution in [0.4, 0.5) is 11.4 Å². The zero-order valence-electron chi connectivity index (χ0n) is 24.6. The van der Waals surface area contributed by atoms with E-state index in [-0.39, 0.29) is 17.2 Å². The first-order valence-electron chi connectivity index (χ1n) is 15.3. The Balaban J connectivity index is 1.52. The van der Waals surface area contributed by atoms with Crippen LogP contribution in [-0.2, 0) is 25.2 Å². The van der Waals surface area contributed by atoms with E-state index in [1.54, 1.807) is 6.07 Å². The van der Waals surface area contributed by atoms with Crippen LogP contribution in [0.5, 0.6) is 0 Å². The molecule has 0 spiro atoms. The molecule has 3 fully saturated rings. The number of nitro groups is 1. The molecule has 7 nitrogen and oxygen atoms in total. The second kappa shape index (κ2) is 10.2. The highest BCUT2D eigenvalue weighted by Gasteiger charge is 2.86. The van der Waals surface area contributed by atoms with E-state index < -0.39 is 51.2 Å². The monoisotopic (exact) mass is 604 g/mol. The lowest BCUT2D eigenvalue weighted by Gasteiger charge is -2.46. The molecule has 6 atom stereocenters. The third-order valence-corrected chi connectivity index (χ3v) is 10.5. The molecule has 0 radical (unpaired) electrons. The van der Waals surface area contributed by atoms with Gasteiger partial charge in [0.05, 0.1) is 27.6 Å². The number of amides is 2. The number of imide groups is 1. The number of Topliss-reactive ketones (excluding diaryl/α,β-unsaturated/α-hetero) is 1. The zero-order valence-corrected chi connectivity index (χ0v) is 24.6. The number of fused-ring (bicyclic) bond motifs is 5. The van der Waals surface area contributed by atoms with Crippen molar-refractivity contribution in [3.63, 3.8) is 0 Å². The van der Waals surface area contributed by atoms with Crippen molar-refractivity contribution in [1.29, 1.82) is 0 Å². The Morgan fingerprint density at radius 1 is 0.500 bits per heavy atom. The zero-order chi connectivity index (χ0) is 31.6. The molecular weight excluding hydrogens is 576 g/mol. The first-order chi connectivity index (χ1) is 22.4. The minimum absolute atomic E-state index is 0.0808. The molecular formula is C39H28N2O5. The van der Waals surface area contributed by atoms with Crippen LogP contribution in [-0.4, -0.2) is 22.5 Å². The molecule has 7 heteroatoms.